The number of amides is 1. The van der Waals surface area contributed by atoms with E-state index in [1.54, 1.807) is 36.3 Å². The van der Waals surface area contributed by atoms with Crippen LogP contribution in [0.3, 0.4) is 0 Å². The Morgan fingerprint density at radius 1 is 1.29 bits per heavy atom. The van der Waals surface area contributed by atoms with Gasteiger partial charge in [0.1, 0.15) is 11.3 Å². The molecule has 31 heavy (non-hydrogen) atoms. The summed E-state index contributed by atoms with van der Waals surface area (Å²) in [6, 6.07) is 11.7. The van der Waals surface area contributed by atoms with E-state index in [0.717, 1.165) is 39.4 Å². The molecule has 2 aromatic heterocycles. The molecule has 0 atom stereocenters. The van der Waals surface area contributed by atoms with Crippen LogP contribution in [0.2, 0.25) is 0 Å². The van der Waals surface area contributed by atoms with E-state index in [2.05, 4.69) is 11.9 Å². The number of hydrogen-bond donors (Lipinski definition) is 0. The normalized spacial score (nSPS) is 11.1. The number of thioether (sulfide) groups is 1. The molecule has 0 fully saturated rings. The number of nitrogens with zero attached hydrogens (tertiary/aromatic N) is 4. The van der Waals surface area contributed by atoms with Gasteiger partial charge in [0.15, 0.2) is 5.13 Å². The van der Waals surface area contributed by atoms with Crippen LogP contribution in [-0.4, -0.2) is 40.4 Å². The molecule has 0 radical (unpaired) electrons. The number of aromatic nitrogens is 3. The minimum absolute atomic E-state index is 0.0443. The molecule has 0 N–H and O–H groups in total. The Balaban J connectivity index is 1.69. The van der Waals surface area contributed by atoms with Gasteiger partial charge >= 0.3 is 0 Å². The average molecular weight is 453 g/mol. The molecule has 6 nitrogen and oxygen atoms in total. The summed E-state index contributed by atoms with van der Waals surface area (Å²) in [7, 11) is 1.64. The van der Waals surface area contributed by atoms with Gasteiger partial charge < -0.3 is 9.30 Å². The molecule has 0 unspecified atom stereocenters. The Hall–Kier alpha value is -2.84. The number of rotatable bonds is 8. The van der Waals surface area contributed by atoms with E-state index in [-0.39, 0.29) is 5.91 Å². The second-order valence-electron chi connectivity index (χ2n) is 7.10. The lowest BCUT2D eigenvalue weighted by molar-refractivity contribution is 0.0986. The summed E-state index contributed by atoms with van der Waals surface area (Å²) in [6.07, 6.45) is 8.28. The SMILES string of the molecule is COc1ccc(C)c2sc(N(CCCn3ccnc3)C(=O)c3cccc(SC)c3)nc12. The van der Waals surface area contributed by atoms with Crippen molar-refractivity contribution in [3.05, 3.63) is 66.2 Å². The fourth-order valence-electron chi connectivity index (χ4n) is 3.40. The zero-order valence-electron chi connectivity index (χ0n) is 17.7. The summed E-state index contributed by atoms with van der Waals surface area (Å²) >= 11 is 3.16. The van der Waals surface area contributed by atoms with E-state index in [0.29, 0.717) is 17.2 Å². The lowest BCUT2D eigenvalue weighted by Crippen LogP contribution is -2.32. The van der Waals surface area contributed by atoms with Crippen LogP contribution in [0.4, 0.5) is 5.13 Å². The zero-order valence-corrected chi connectivity index (χ0v) is 19.4. The van der Waals surface area contributed by atoms with Crippen LogP contribution in [0, 0.1) is 6.92 Å². The number of carbonyl (C=O) groups is 1. The first kappa shape index (κ1) is 21.4. The number of anilines is 1. The maximum atomic E-state index is 13.6. The summed E-state index contributed by atoms with van der Waals surface area (Å²) < 4.78 is 8.57. The van der Waals surface area contributed by atoms with Gasteiger partial charge in [0.05, 0.1) is 18.1 Å². The third-order valence-corrected chi connectivity index (χ3v) is 7.00. The first-order valence-electron chi connectivity index (χ1n) is 9.96. The molecule has 2 aromatic carbocycles. The maximum Gasteiger partial charge on any atom is 0.260 e. The number of aryl methyl sites for hydroxylation is 2. The van der Waals surface area contributed by atoms with E-state index in [4.69, 9.17) is 9.72 Å². The standard InChI is InChI=1S/C23H24N4O2S2/c1-16-8-9-19(29-2)20-21(16)31-23(25-20)27(12-5-11-26-13-10-24-15-26)22(28)17-6-4-7-18(14-17)30-3/h4,6-10,13-15H,5,11-12H2,1-3H3. The molecule has 0 saturated heterocycles. The molecule has 160 valence electrons. The van der Waals surface area contributed by atoms with E-state index in [1.165, 1.54) is 11.3 Å². The average Bonchev–Trinajstić information content (AvgIpc) is 3.47. The van der Waals surface area contributed by atoms with Crippen LogP contribution in [0.15, 0.2) is 60.0 Å². The Morgan fingerprint density at radius 2 is 2.16 bits per heavy atom. The third kappa shape index (κ3) is 4.60. The third-order valence-electron chi connectivity index (χ3n) is 5.06. The van der Waals surface area contributed by atoms with E-state index < -0.39 is 0 Å². The van der Waals surface area contributed by atoms with Gasteiger partial charge in [-0.25, -0.2) is 9.97 Å². The topological polar surface area (TPSA) is 60.2 Å². The second-order valence-corrected chi connectivity index (χ2v) is 8.96. The number of benzene rings is 2. The summed E-state index contributed by atoms with van der Waals surface area (Å²) in [5.74, 6) is 0.676. The maximum absolute atomic E-state index is 13.6. The van der Waals surface area contributed by atoms with Crippen molar-refractivity contribution < 1.29 is 9.53 Å². The lowest BCUT2D eigenvalue weighted by atomic mass is 10.2. The van der Waals surface area contributed by atoms with Crippen molar-refractivity contribution in [2.24, 2.45) is 0 Å². The highest BCUT2D eigenvalue weighted by molar-refractivity contribution is 7.98. The largest absolute Gasteiger partial charge is 0.494 e. The van der Waals surface area contributed by atoms with E-state index >= 15 is 0 Å². The van der Waals surface area contributed by atoms with Crippen LogP contribution in [-0.2, 0) is 6.54 Å². The van der Waals surface area contributed by atoms with Crippen LogP contribution >= 0.6 is 23.1 Å². The summed E-state index contributed by atoms with van der Waals surface area (Å²) in [5, 5.41) is 0.688. The number of fused-ring (bicyclic) bond motifs is 1. The molecule has 0 aliphatic heterocycles. The minimum atomic E-state index is -0.0443. The van der Waals surface area contributed by atoms with Crippen molar-refractivity contribution in [2.45, 2.75) is 24.8 Å². The molecule has 2 heterocycles. The fourth-order valence-corrected chi connectivity index (χ4v) is 4.94. The highest BCUT2D eigenvalue weighted by Gasteiger charge is 2.23. The van der Waals surface area contributed by atoms with Gasteiger partial charge in [0, 0.05) is 35.9 Å². The van der Waals surface area contributed by atoms with Gasteiger partial charge in [-0.2, -0.15) is 0 Å². The van der Waals surface area contributed by atoms with Crippen LogP contribution in [0.5, 0.6) is 5.75 Å². The van der Waals surface area contributed by atoms with Crippen molar-refractivity contribution in [2.75, 3.05) is 24.8 Å². The molecule has 4 rings (SSSR count). The quantitative estimate of drug-likeness (QED) is 0.341. The van der Waals surface area contributed by atoms with Crippen molar-refractivity contribution in [3.8, 4) is 5.75 Å². The Labute approximate surface area is 189 Å². The molecule has 1 amide bonds. The molecule has 0 aliphatic carbocycles. The Morgan fingerprint density at radius 3 is 2.90 bits per heavy atom. The van der Waals surface area contributed by atoms with Gasteiger partial charge in [-0.3, -0.25) is 9.69 Å². The summed E-state index contributed by atoms with van der Waals surface area (Å²) in [4.78, 5) is 25.3. The van der Waals surface area contributed by atoms with Gasteiger partial charge in [-0.1, -0.05) is 23.5 Å². The van der Waals surface area contributed by atoms with Crippen molar-refractivity contribution >= 4 is 44.4 Å². The molecule has 0 bridgehead atoms. The number of carbonyl (C=O) groups excluding carboxylic acids is 1. The highest BCUT2D eigenvalue weighted by atomic mass is 32.2. The predicted molar refractivity (Wildman–Crippen MR) is 128 cm³/mol. The second kappa shape index (κ2) is 9.53. The predicted octanol–water partition coefficient (Wildman–Crippen LogP) is 5.27. The van der Waals surface area contributed by atoms with E-state index in [9.17, 15) is 4.79 Å². The molecular weight excluding hydrogens is 428 g/mol. The van der Waals surface area contributed by atoms with Crippen LogP contribution < -0.4 is 9.64 Å². The van der Waals surface area contributed by atoms with Gasteiger partial charge in [-0.05, 0) is 49.4 Å². The lowest BCUT2D eigenvalue weighted by Gasteiger charge is -2.20. The molecular formula is C23H24N4O2S2. The molecule has 0 saturated carbocycles. The number of imidazole rings is 1. The molecule has 8 heteroatoms. The van der Waals surface area contributed by atoms with E-state index in [1.807, 2.05) is 53.4 Å². The zero-order chi connectivity index (χ0) is 21.8. The van der Waals surface area contributed by atoms with Crippen LogP contribution in [0.25, 0.3) is 10.2 Å². The van der Waals surface area contributed by atoms with Gasteiger partial charge in [-0.15, -0.1) is 11.8 Å². The van der Waals surface area contributed by atoms with Crippen molar-refractivity contribution in [1.82, 2.24) is 14.5 Å². The van der Waals surface area contributed by atoms with Gasteiger partial charge in [0.25, 0.3) is 5.91 Å². The number of ether oxygens (including phenoxy) is 1. The fraction of sp³-hybridized carbons (Fsp3) is 0.261. The first-order chi connectivity index (χ1) is 15.1. The van der Waals surface area contributed by atoms with Crippen molar-refractivity contribution in [3.63, 3.8) is 0 Å². The first-order valence-corrected chi connectivity index (χ1v) is 12.0. The highest BCUT2D eigenvalue weighted by Crippen LogP contribution is 2.37. The minimum Gasteiger partial charge on any atom is -0.494 e. The monoisotopic (exact) mass is 452 g/mol. The summed E-state index contributed by atoms with van der Waals surface area (Å²) in [5.41, 5.74) is 2.58. The smallest absolute Gasteiger partial charge is 0.260 e. The molecule has 0 spiro atoms. The molecule has 4 aromatic rings. The number of thiazole rings is 1. The number of hydrogen-bond acceptors (Lipinski definition) is 6. The van der Waals surface area contributed by atoms with Crippen LogP contribution in [0.1, 0.15) is 22.3 Å². The Kier molecular flexibility index (Phi) is 6.58. The van der Waals surface area contributed by atoms with Gasteiger partial charge in [0.2, 0.25) is 0 Å². The number of methoxy groups -OCH3 is 1. The Bertz CT molecular complexity index is 1190. The van der Waals surface area contributed by atoms with Crippen molar-refractivity contribution in [1.29, 1.82) is 0 Å². The molecule has 0 aliphatic rings. The summed E-state index contributed by atoms with van der Waals surface area (Å²) in [6.45, 7) is 3.39.